The van der Waals surface area contributed by atoms with Crippen LogP contribution in [-0.2, 0) is 0 Å². The number of hydrogen-bond donors (Lipinski definition) is 1. The molecule has 1 nitrogen and oxygen atoms in total. The first kappa shape index (κ1) is 12.0. The van der Waals surface area contributed by atoms with E-state index in [0.717, 1.165) is 0 Å². The molecule has 0 fully saturated rings. The van der Waals surface area contributed by atoms with E-state index in [0.29, 0.717) is 0 Å². The summed E-state index contributed by atoms with van der Waals surface area (Å²) >= 11 is 0. The summed E-state index contributed by atoms with van der Waals surface area (Å²) in [7, 11) is 0. The number of halogens is 1. The van der Waals surface area contributed by atoms with E-state index in [2.05, 4.69) is 6.07 Å². The molecule has 44 valence electrons. The zero-order valence-corrected chi connectivity index (χ0v) is 7.84. The van der Waals surface area contributed by atoms with E-state index in [-0.39, 0.29) is 45.8 Å². The molecule has 0 saturated heterocycles. The first-order valence-corrected chi connectivity index (χ1v) is 2.04. The van der Waals surface area contributed by atoms with Gasteiger partial charge in [0.25, 0.3) is 0 Å². The molecule has 1 N–H and O–H groups in total. The van der Waals surface area contributed by atoms with E-state index in [1.807, 2.05) is 0 Å². The summed E-state index contributed by atoms with van der Waals surface area (Å²) in [5, 5.41) is 8.60. The fourth-order valence-corrected chi connectivity index (χ4v) is 0.384. The molecular formula is C6H5BrMgO. The third-order valence-electron chi connectivity index (χ3n) is 0.691. The molecule has 9 heavy (non-hydrogen) atoms. The van der Waals surface area contributed by atoms with Crippen molar-refractivity contribution < 1.29 is 22.1 Å². The molecule has 0 radical (unpaired) electrons. The molecule has 3 heteroatoms. The third kappa shape index (κ3) is 4.75. The van der Waals surface area contributed by atoms with Crippen LogP contribution >= 0.6 is 0 Å². The molecule has 0 unspecified atom stereocenters. The zero-order valence-electron chi connectivity index (χ0n) is 4.84. The molecule has 1 rings (SSSR count). The Labute approximate surface area is 81.0 Å². The molecule has 0 heterocycles. The van der Waals surface area contributed by atoms with Crippen molar-refractivity contribution in [3.8, 4) is 5.75 Å². The second kappa shape index (κ2) is 6.39. The van der Waals surface area contributed by atoms with Crippen LogP contribution in [0.2, 0.25) is 0 Å². The quantitative estimate of drug-likeness (QED) is 0.370. The third-order valence-corrected chi connectivity index (χ3v) is 0.691. The minimum absolute atomic E-state index is 0. The van der Waals surface area contributed by atoms with Crippen LogP contribution in [0.1, 0.15) is 0 Å². The first-order valence-electron chi connectivity index (χ1n) is 2.04. The molecule has 0 aromatic heterocycles. The first-order chi connectivity index (χ1) is 3.39. The summed E-state index contributed by atoms with van der Waals surface area (Å²) in [4.78, 5) is 0. The van der Waals surface area contributed by atoms with Crippen molar-refractivity contribution in [3.05, 3.63) is 30.3 Å². The van der Waals surface area contributed by atoms with Crippen molar-refractivity contribution >= 4 is 23.1 Å². The molecule has 1 aromatic rings. The minimum Gasteiger partial charge on any atom is -1.00 e. The predicted octanol–water partition coefficient (Wildman–Crippen LogP) is -2.18. The molecule has 0 bridgehead atoms. The molecular weight excluding hydrogens is 192 g/mol. The van der Waals surface area contributed by atoms with E-state index in [1.165, 1.54) is 6.07 Å². The smallest absolute Gasteiger partial charge is 1.00 e. The number of phenolic OH excluding ortho intramolecular Hbond substituents is 1. The van der Waals surface area contributed by atoms with Gasteiger partial charge in [-0.25, -0.2) is 0 Å². The predicted molar refractivity (Wildman–Crippen MR) is 32.7 cm³/mol. The SMILES string of the molecule is Oc1c[c-]ccc1.[Br-].[Mg+2]. The topological polar surface area (TPSA) is 20.2 Å². The van der Waals surface area contributed by atoms with E-state index in [4.69, 9.17) is 5.11 Å². The Morgan fingerprint density at radius 1 is 1.44 bits per heavy atom. The standard InChI is InChI=1S/C6H5O.BrH.Mg/c7-6-4-2-1-3-5-6;;/h1-2,4-5,7H;1H;/q-1;;+2/p-1. The number of aromatic hydroxyl groups is 1. The van der Waals surface area contributed by atoms with Gasteiger partial charge < -0.3 is 22.1 Å². The van der Waals surface area contributed by atoms with Crippen LogP contribution < -0.4 is 17.0 Å². The molecule has 0 atom stereocenters. The Morgan fingerprint density at radius 2 is 2.11 bits per heavy atom. The van der Waals surface area contributed by atoms with Crippen LogP contribution in [0.15, 0.2) is 24.3 Å². The summed E-state index contributed by atoms with van der Waals surface area (Å²) < 4.78 is 0. The number of phenols is 1. The van der Waals surface area contributed by atoms with E-state index in [9.17, 15) is 0 Å². The van der Waals surface area contributed by atoms with Crippen LogP contribution in [0.25, 0.3) is 0 Å². The average molecular weight is 197 g/mol. The van der Waals surface area contributed by atoms with E-state index >= 15 is 0 Å². The summed E-state index contributed by atoms with van der Waals surface area (Å²) in [5.74, 6) is 0.266. The number of hydrogen-bond acceptors (Lipinski definition) is 1. The van der Waals surface area contributed by atoms with Gasteiger partial charge in [-0.2, -0.15) is 18.2 Å². The van der Waals surface area contributed by atoms with Crippen LogP contribution in [0.4, 0.5) is 0 Å². The minimum atomic E-state index is 0. The summed E-state index contributed by atoms with van der Waals surface area (Å²) in [6.45, 7) is 0. The van der Waals surface area contributed by atoms with Crippen LogP contribution in [0.3, 0.4) is 0 Å². The molecule has 0 amide bonds. The second-order valence-corrected chi connectivity index (χ2v) is 1.26. The Bertz CT molecular complexity index is 143. The number of rotatable bonds is 0. The Kier molecular flexibility index (Phi) is 8.51. The average Bonchev–Trinajstić information content (AvgIpc) is 1.69. The van der Waals surface area contributed by atoms with Crippen molar-refractivity contribution in [2.24, 2.45) is 0 Å². The fraction of sp³-hybridized carbons (Fsp3) is 0. The van der Waals surface area contributed by atoms with Gasteiger partial charge in [-0.3, -0.25) is 0 Å². The summed E-state index contributed by atoms with van der Waals surface area (Å²) in [5.41, 5.74) is 0. The normalized spacial score (nSPS) is 6.67. The van der Waals surface area contributed by atoms with Crippen molar-refractivity contribution in [2.45, 2.75) is 0 Å². The Hall–Kier alpha value is 0.266. The van der Waals surface area contributed by atoms with Gasteiger partial charge in [0.15, 0.2) is 0 Å². The van der Waals surface area contributed by atoms with E-state index in [1.54, 1.807) is 18.2 Å². The largest absolute Gasteiger partial charge is 2.00 e. The maximum absolute atomic E-state index is 8.60. The maximum Gasteiger partial charge on any atom is 2.00 e. The van der Waals surface area contributed by atoms with Gasteiger partial charge in [-0.05, 0) is 0 Å². The van der Waals surface area contributed by atoms with Crippen molar-refractivity contribution in [1.82, 2.24) is 0 Å². The van der Waals surface area contributed by atoms with Gasteiger partial charge in [0.05, 0.1) is 0 Å². The Morgan fingerprint density at radius 3 is 2.33 bits per heavy atom. The molecule has 0 aliphatic rings. The number of benzene rings is 1. The van der Waals surface area contributed by atoms with Crippen molar-refractivity contribution in [1.29, 1.82) is 0 Å². The van der Waals surface area contributed by atoms with Gasteiger partial charge >= 0.3 is 23.1 Å². The molecule has 1 aromatic carbocycles. The molecule has 0 aliphatic carbocycles. The summed E-state index contributed by atoms with van der Waals surface area (Å²) in [6.07, 6.45) is 0. The summed E-state index contributed by atoms with van der Waals surface area (Å²) in [6, 6.07) is 9.30. The van der Waals surface area contributed by atoms with Crippen LogP contribution in [-0.4, -0.2) is 28.2 Å². The van der Waals surface area contributed by atoms with Crippen molar-refractivity contribution in [3.63, 3.8) is 0 Å². The van der Waals surface area contributed by atoms with Gasteiger partial charge in [-0.15, -0.1) is 12.1 Å². The second-order valence-electron chi connectivity index (χ2n) is 1.26. The maximum atomic E-state index is 8.60. The van der Waals surface area contributed by atoms with Gasteiger partial charge in [-0.1, -0.05) is 0 Å². The van der Waals surface area contributed by atoms with E-state index < -0.39 is 0 Å². The molecule has 0 saturated carbocycles. The van der Waals surface area contributed by atoms with Gasteiger partial charge in [0, 0.05) is 5.75 Å². The van der Waals surface area contributed by atoms with Crippen molar-refractivity contribution in [2.75, 3.05) is 0 Å². The van der Waals surface area contributed by atoms with Crippen LogP contribution in [0, 0.1) is 6.07 Å². The zero-order chi connectivity index (χ0) is 5.11. The van der Waals surface area contributed by atoms with Crippen LogP contribution in [0.5, 0.6) is 5.75 Å². The molecule has 0 spiro atoms. The van der Waals surface area contributed by atoms with Gasteiger partial charge in [0.2, 0.25) is 0 Å². The Balaban J connectivity index is 0. The molecule has 0 aliphatic heterocycles. The fourth-order valence-electron chi connectivity index (χ4n) is 0.384. The van der Waals surface area contributed by atoms with Gasteiger partial charge in [0.1, 0.15) is 0 Å². The monoisotopic (exact) mass is 196 g/mol.